The molecule has 7 nitrogen and oxygen atoms in total. The number of rotatable bonds is 10. The maximum atomic E-state index is 15.6. The molecule has 0 bridgehead atoms. The highest BCUT2D eigenvalue weighted by Crippen LogP contribution is 2.41. The molecule has 1 aliphatic heterocycles. The molecule has 1 atom stereocenters. The average molecular weight is 599 g/mol. The lowest BCUT2D eigenvalue weighted by atomic mass is 10.1. The summed E-state index contributed by atoms with van der Waals surface area (Å²) >= 11 is 7.22. The van der Waals surface area contributed by atoms with Crippen molar-refractivity contribution in [2.24, 2.45) is 5.92 Å². The fourth-order valence-corrected chi connectivity index (χ4v) is 5.81. The Morgan fingerprint density at radius 2 is 1.85 bits per heavy atom. The first-order valence-corrected chi connectivity index (χ1v) is 13.7. The first kappa shape index (κ1) is 31.7. The van der Waals surface area contributed by atoms with Crippen LogP contribution >= 0.6 is 23.5 Å². The highest BCUT2D eigenvalue weighted by Gasteiger charge is 2.29. The largest absolute Gasteiger partial charge is 0.497 e. The molecule has 0 spiro atoms. The Morgan fingerprint density at radius 3 is 2.50 bits per heavy atom. The molecule has 218 valence electrons. The minimum absolute atomic E-state index is 0.102. The van der Waals surface area contributed by atoms with Crippen LogP contribution in [0.3, 0.4) is 0 Å². The maximum Gasteiger partial charge on any atom is 0.214 e. The lowest BCUT2D eigenvalue weighted by Gasteiger charge is -2.26. The van der Waals surface area contributed by atoms with E-state index in [9.17, 15) is 4.39 Å². The first-order chi connectivity index (χ1) is 19.2. The summed E-state index contributed by atoms with van der Waals surface area (Å²) in [4.78, 5) is 7.65. The Kier molecular flexibility index (Phi) is 11.6. The molecule has 1 aliphatic rings. The number of halogens is 4. The predicted octanol–water partition coefficient (Wildman–Crippen LogP) is 5.88. The van der Waals surface area contributed by atoms with Crippen molar-refractivity contribution < 1.29 is 27.8 Å². The normalized spacial score (nSPS) is 14.7. The number of hydrogen-bond acceptors (Lipinski definition) is 8. The molecule has 12 heteroatoms. The van der Waals surface area contributed by atoms with Crippen LogP contribution in [0.5, 0.6) is 11.5 Å². The fourth-order valence-electron chi connectivity index (χ4n) is 4.54. The van der Waals surface area contributed by atoms with E-state index in [2.05, 4.69) is 9.88 Å². The second-order valence-corrected chi connectivity index (χ2v) is 10.7. The number of aliphatic hydroxyl groups is 1. The van der Waals surface area contributed by atoms with Crippen molar-refractivity contribution in [1.29, 1.82) is 0 Å². The monoisotopic (exact) mass is 598 g/mol. The molecule has 1 aromatic heterocycles. The number of aromatic nitrogens is 1. The third kappa shape index (κ3) is 7.66. The second-order valence-electron chi connectivity index (χ2n) is 9.32. The van der Waals surface area contributed by atoms with E-state index >= 15 is 8.78 Å². The van der Waals surface area contributed by atoms with E-state index in [4.69, 9.17) is 26.2 Å². The topological polar surface area (TPSA) is 61.3 Å². The van der Waals surface area contributed by atoms with Gasteiger partial charge in [-0.1, -0.05) is 17.7 Å². The van der Waals surface area contributed by atoms with Crippen molar-refractivity contribution in [3.8, 4) is 11.5 Å². The summed E-state index contributed by atoms with van der Waals surface area (Å²) in [5, 5.41) is 6.86. The molecule has 2 aromatic carbocycles. The number of anilines is 2. The summed E-state index contributed by atoms with van der Waals surface area (Å²) in [6.45, 7) is 2.32. The van der Waals surface area contributed by atoms with Gasteiger partial charge in [0.2, 0.25) is 5.95 Å². The number of aliphatic hydroxyl groups excluding tert-OH is 1. The molecule has 1 fully saturated rings. The Bertz CT molecular complexity index is 1290. The zero-order valence-corrected chi connectivity index (χ0v) is 24.7. The Morgan fingerprint density at radius 1 is 1.10 bits per heavy atom. The van der Waals surface area contributed by atoms with Gasteiger partial charge >= 0.3 is 0 Å². The summed E-state index contributed by atoms with van der Waals surface area (Å²) in [5.74, 6) is -0.694. The number of nitrogens with zero attached hydrogens (tertiary/aromatic N) is 4. The van der Waals surface area contributed by atoms with E-state index in [-0.39, 0.29) is 22.3 Å². The van der Waals surface area contributed by atoms with Crippen molar-refractivity contribution >= 4 is 35.1 Å². The van der Waals surface area contributed by atoms with Gasteiger partial charge in [0.25, 0.3) is 0 Å². The summed E-state index contributed by atoms with van der Waals surface area (Å²) < 4.78 is 57.4. The summed E-state index contributed by atoms with van der Waals surface area (Å²) in [6.07, 6.45) is 0.914. The lowest BCUT2D eigenvalue weighted by Crippen LogP contribution is -2.26. The number of benzene rings is 2. The van der Waals surface area contributed by atoms with Crippen LogP contribution in [-0.4, -0.2) is 70.0 Å². The van der Waals surface area contributed by atoms with Crippen LogP contribution in [0.4, 0.5) is 24.7 Å². The van der Waals surface area contributed by atoms with Gasteiger partial charge in [-0.05, 0) is 62.6 Å². The molecule has 4 rings (SSSR count). The van der Waals surface area contributed by atoms with Crippen LogP contribution in [0.1, 0.15) is 12.0 Å². The summed E-state index contributed by atoms with van der Waals surface area (Å²) in [5.41, 5.74) is 1.01. The number of hydrogen-bond donors (Lipinski definition) is 1. The minimum atomic E-state index is -0.870. The van der Waals surface area contributed by atoms with Gasteiger partial charge in [0, 0.05) is 44.4 Å². The summed E-state index contributed by atoms with van der Waals surface area (Å²) in [7, 11) is 8.05. The zero-order valence-electron chi connectivity index (χ0n) is 23.1. The molecular formula is C28H34ClF3N4O3S. The third-order valence-electron chi connectivity index (χ3n) is 6.31. The van der Waals surface area contributed by atoms with E-state index in [1.807, 2.05) is 19.0 Å². The third-order valence-corrected chi connectivity index (χ3v) is 7.77. The predicted molar refractivity (Wildman–Crippen MR) is 154 cm³/mol. The van der Waals surface area contributed by atoms with E-state index in [1.54, 1.807) is 24.3 Å². The van der Waals surface area contributed by atoms with Gasteiger partial charge in [-0.2, -0.15) is 4.39 Å². The molecule has 0 amide bonds. The Balaban J connectivity index is 0.00000216. The molecule has 40 heavy (non-hydrogen) atoms. The number of pyridine rings is 1. The van der Waals surface area contributed by atoms with Gasteiger partial charge in [0.05, 0.1) is 26.5 Å². The van der Waals surface area contributed by atoms with Gasteiger partial charge in [0.1, 0.15) is 33.1 Å². The van der Waals surface area contributed by atoms with Gasteiger partial charge in [0.15, 0.2) is 5.82 Å². The van der Waals surface area contributed by atoms with Crippen molar-refractivity contribution in [2.45, 2.75) is 17.9 Å². The van der Waals surface area contributed by atoms with E-state index in [0.717, 1.165) is 32.0 Å². The van der Waals surface area contributed by atoms with Crippen molar-refractivity contribution in [3.05, 3.63) is 70.6 Å². The lowest BCUT2D eigenvalue weighted by molar-refractivity contribution is 0.340. The molecule has 1 saturated heterocycles. The molecule has 0 radical (unpaired) electrons. The van der Waals surface area contributed by atoms with Crippen LogP contribution in [0.15, 0.2) is 47.4 Å². The van der Waals surface area contributed by atoms with Gasteiger partial charge in [-0.25, -0.2) is 13.8 Å². The number of ether oxygens (including phenoxy) is 2. The van der Waals surface area contributed by atoms with Crippen LogP contribution in [0, 0.1) is 23.5 Å². The molecule has 1 N–H and O–H groups in total. The van der Waals surface area contributed by atoms with Gasteiger partial charge in [-0.3, -0.25) is 4.31 Å². The van der Waals surface area contributed by atoms with E-state index in [0.29, 0.717) is 41.8 Å². The standard InChI is InChI=1S/C27H30ClF3N4O2S.CH4O/c1-33(2)14-17-10-11-34(15-17)21-13-20(29)27(26(31)25(21)28)38-35(24-7-5-6-23(30)32-24)16-18-8-9-19(36-3)12-22(18)37-4;1-2/h5-9,12-13,17H,10-11,14-16H2,1-4H3;2H,1H3. The van der Waals surface area contributed by atoms with Crippen molar-refractivity contribution in [2.75, 3.05) is 64.3 Å². The molecule has 0 saturated carbocycles. The summed E-state index contributed by atoms with van der Waals surface area (Å²) in [6, 6.07) is 10.7. The van der Waals surface area contributed by atoms with Crippen LogP contribution < -0.4 is 18.7 Å². The quantitative estimate of drug-likeness (QED) is 0.176. The van der Waals surface area contributed by atoms with E-state index in [1.165, 1.54) is 36.7 Å². The maximum absolute atomic E-state index is 15.6. The second kappa shape index (κ2) is 14.7. The van der Waals surface area contributed by atoms with Crippen molar-refractivity contribution in [3.63, 3.8) is 0 Å². The fraction of sp³-hybridized carbons (Fsp3) is 0.393. The molecule has 1 unspecified atom stereocenters. The van der Waals surface area contributed by atoms with Crippen molar-refractivity contribution in [1.82, 2.24) is 9.88 Å². The minimum Gasteiger partial charge on any atom is -0.497 e. The van der Waals surface area contributed by atoms with Crippen LogP contribution in [0.2, 0.25) is 5.02 Å². The average Bonchev–Trinajstić information content (AvgIpc) is 3.41. The van der Waals surface area contributed by atoms with Gasteiger partial charge in [-0.15, -0.1) is 0 Å². The molecule has 2 heterocycles. The Hall–Kier alpha value is -2.86. The van der Waals surface area contributed by atoms with Gasteiger partial charge < -0.3 is 24.4 Å². The van der Waals surface area contributed by atoms with E-state index < -0.39 is 17.6 Å². The number of methoxy groups -OCH3 is 2. The van der Waals surface area contributed by atoms with Crippen LogP contribution in [-0.2, 0) is 6.54 Å². The molecular weight excluding hydrogens is 565 g/mol. The SMILES string of the molecule is CO.COc1ccc(CN(Sc2c(F)cc(N3CCC(CN(C)C)C3)c(Cl)c2F)c2cccc(F)n2)c(OC)c1. The molecule has 3 aromatic rings. The Labute approximate surface area is 242 Å². The smallest absolute Gasteiger partial charge is 0.214 e. The zero-order chi connectivity index (χ0) is 29.4. The highest BCUT2D eigenvalue weighted by molar-refractivity contribution is 8.00. The van der Waals surface area contributed by atoms with Crippen LogP contribution in [0.25, 0.3) is 0 Å². The molecule has 0 aliphatic carbocycles. The first-order valence-electron chi connectivity index (χ1n) is 12.5. The highest BCUT2D eigenvalue weighted by atomic mass is 35.5.